The fraction of sp³-hybridized carbons (Fsp3) is 0.438. The molecule has 0 bridgehead atoms. The highest BCUT2D eigenvalue weighted by Crippen LogP contribution is 2.27. The quantitative estimate of drug-likeness (QED) is 0.739. The molecule has 1 aromatic heterocycles. The first kappa shape index (κ1) is 16.3. The highest BCUT2D eigenvalue weighted by Gasteiger charge is 2.05. The lowest BCUT2D eigenvalue weighted by Crippen LogP contribution is -2.18. The molecular formula is C16H22N2OS2. The Labute approximate surface area is 135 Å². The monoisotopic (exact) mass is 322 g/mol. The van der Waals surface area contributed by atoms with E-state index >= 15 is 0 Å². The second-order valence-electron chi connectivity index (χ2n) is 5.20. The molecule has 0 spiro atoms. The molecule has 21 heavy (non-hydrogen) atoms. The lowest BCUT2D eigenvalue weighted by atomic mass is 10.2. The Morgan fingerprint density at radius 3 is 2.90 bits per heavy atom. The molecule has 0 radical (unpaired) electrons. The summed E-state index contributed by atoms with van der Waals surface area (Å²) >= 11 is 3.38. The van der Waals surface area contributed by atoms with Gasteiger partial charge in [0.25, 0.3) is 0 Å². The highest BCUT2D eigenvalue weighted by atomic mass is 32.2. The van der Waals surface area contributed by atoms with Crippen molar-refractivity contribution in [2.75, 3.05) is 12.8 Å². The van der Waals surface area contributed by atoms with Crippen molar-refractivity contribution in [1.29, 1.82) is 0 Å². The van der Waals surface area contributed by atoms with Crippen molar-refractivity contribution in [3.8, 4) is 5.75 Å². The zero-order chi connectivity index (χ0) is 15.1. The van der Waals surface area contributed by atoms with E-state index in [9.17, 15) is 0 Å². The van der Waals surface area contributed by atoms with Gasteiger partial charge in [0.05, 0.1) is 5.69 Å². The first-order valence-electron chi connectivity index (χ1n) is 7.09. The molecular weight excluding hydrogens is 300 g/mol. The van der Waals surface area contributed by atoms with Crippen LogP contribution < -0.4 is 10.1 Å². The molecule has 0 aliphatic rings. The van der Waals surface area contributed by atoms with Crippen LogP contribution in [0.15, 0.2) is 34.5 Å². The summed E-state index contributed by atoms with van der Waals surface area (Å²) in [4.78, 5) is 5.76. The number of thiazole rings is 1. The van der Waals surface area contributed by atoms with Gasteiger partial charge in [-0.2, -0.15) is 0 Å². The predicted octanol–water partition coefficient (Wildman–Crippen LogP) is 4.19. The van der Waals surface area contributed by atoms with E-state index in [1.54, 1.807) is 23.1 Å². The summed E-state index contributed by atoms with van der Waals surface area (Å²) in [6, 6.07) is 8.10. The van der Waals surface area contributed by atoms with Gasteiger partial charge in [-0.25, -0.2) is 4.98 Å². The van der Waals surface area contributed by atoms with Crippen LogP contribution in [0.3, 0.4) is 0 Å². The van der Waals surface area contributed by atoms with E-state index in [0.29, 0.717) is 12.5 Å². The van der Waals surface area contributed by atoms with E-state index < -0.39 is 0 Å². The topological polar surface area (TPSA) is 34.1 Å². The Morgan fingerprint density at radius 2 is 2.14 bits per heavy atom. The summed E-state index contributed by atoms with van der Waals surface area (Å²) in [6.45, 7) is 6.80. The lowest BCUT2D eigenvalue weighted by Gasteiger charge is -2.08. The van der Waals surface area contributed by atoms with Crippen LogP contribution in [-0.4, -0.2) is 17.8 Å². The van der Waals surface area contributed by atoms with Crippen LogP contribution >= 0.6 is 23.1 Å². The summed E-state index contributed by atoms with van der Waals surface area (Å²) in [5, 5.41) is 6.61. The predicted molar refractivity (Wildman–Crippen MR) is 91.2 cm³/mol. The second kappa shape index (κ2) is 8.41. The Morgan fingerprint density at radius 1 is 1.33 bits per heavy atom. The van der Waals surface area contributed by atoms with Gasteiger partial charge in [0.2, 0.25) is 0 Å². The van der Waals surface area contributed by atoms with Gasteiger partial charge in [0.15, 0.2) is 0 Å². The van der Waals surface area contributed by atoms with Crippen LogP contribution in [0.1, 0.15) is 24.5 Å². The van der Waals surface area contributed by atoms with Gasteiger partial charge in [-0.1, -0.05) is 26.0 Å². The van der Waals surface area contributed by atoms with Gasteiger partial charge in [-0.05, 0) is 30.9 Å². The molecule has 0 saturated heterocycles. The number of nitrogens with zero attached hydrogens (tertiary/aromatic N) is 1. The van der Waals surface area contributed by atoms with Crippen molar-refractivity contribution >= 4 is 23.1 Å². The molecule has 0 saturated carbocycles. The van der Waals surface area contributed by atoms with Crippen LogP contribution in [-0.2, 0) is 13.2 Å². The minimum absolute atomic E-state index is 0.526. The highest BCUT2D eigenvalue weighted by molar-refractivity contribution is 7.98. The SMILES string of the molecule is CSc1ccccc1OCc1csc(CNCC(C)C)n1. The molecule has 2 aromatic rings. The number of hydrogen-bond acceptors (Lipinski definition) is 5. The maximum absolute atomic E-state index is 5.87. The van der Waals surface area contributed by atoms with Gasteiger partial charge < -0.3 is 10.1 Å². The Kier molecular flexibility index (Phi) is 6.54. The number of nitrogens with one attached hydrogen (secondary N) is 1. The third-order valence-corrected chi connectivity index (χ3v) is 4.55. The maximum Gasteiger partial charge on any atom is 0.133 e. The van der Waals surface area contributed by atoms with Gasteiger partial charge in [-0.3, -0.25) is 0 Å². The van der Waals surface area contributed by atoms with Crippen LogP contribution in [0.2, 0.25) is 0 Å². The van der Waals surface area contributed by atoms with E-state index in [2.05, 4.69) is 41.9 Å². The van der Waals surface area contributed by atoms with Crippen molar-refractivity contribution in [1.82, 2.24) is 10.3 Å². The molecule has 1 N–H and O–H groups in total. The molecule has 0 amide bonds. The molecule has 0 aliphatic heterocycles. The fourth-order valence-corrected chi connectivity index (χ4v) is 3.14. The normalized spacial score (nSPS) is 11.0. The number of para-hydroxylation sites is 1. The molecule has 3 nitrogen and oxygen atoms in total. The first-order valence-corrected chi connectivity index (χ1v) is 9.19. The molecule has 0 aliphatic carbocycles. The van der Waals surface area contributed by atoms with Crippen molar-refractivity contribution in [2.24, 2.45) is 5.92 Å². The number of thioether (sulfide) groups is 1. The Bertz CT molecular complexity index is 555. The van der Waals surface area contributed by atoms with Gasteiger partial charge in [0.1, 0.15) is 17.4 Å². The van der Waals surface area contributed by atoms with Crippen molar-refractivity contribution in [3.63, 3.8) is 0 Å². The van der Waals surface area contributed by atoms with Crippen molar-refractivity contribution < 1.29 is 4.74 Å². The van der Waals surface area contributed by atoms with Crippen LogP contribution in [0.4, 0.5) is 0 Å². The first-order chi connectivity index (χ1) is 10.2. The average molecular weight is 322 g/mol. The third-order valence-electron chi connectivity index (χ3n) is 2.87. The molecule has 1 aromatic carbocycles. The Balaban J connectivity index is 1.85. The molecule has 1 heterocycles. The van der Waals surface area contributed by atoms with Crippen molar-refractivity contribution in [3.05, 3.63) is 40.3 Å². The zero-order valence-corrected chi connectivity index (χ0v) is 14.4. The smallest absolute Gasteiger partial charge is 0.133 e. The van der Waals surface area contributed by atoms with Crippen LogP contribution in [0.25, 0.3) is 0 Å². The van der Waals surface area contributed by atoms with Gasteiger partial charge in [-0.15, -0.1) is 23.1 Å². The van der Waals surface area contributed by atoms with Crippen LogP contribution in [0, 0.1) is 5.92 Å². The number of rotatable bonds is 8. The third kappa shape index (κ3) is 5.34. The molecule has 2 rings (SSSR count). The summed E-state index contributed by atoms with van der Waals surface area (Å²) < 4.78 is 5.87. The number of ether oxygens (including phenoxy) is 1. The maximum atomic E-state index is 5.87. The van der Waals surface area contributed by atoms with Gasteiger partial charge >= 0.3 is 0 Å². The van der Waals surface area contributed by atoms with E-state index in [1.807, 2.05) is 18.2 Å². The second-order valence-corrected chi connectivity index (χ2v) is 6.99. The van der Waals surface area contributed by atoms with Crippen LogP contribution in [0.5, 0.6) is 5.75 Å². The zero-order valence-electron chi connectivity index (χ0n) is 12.8. The van der Waals surface area contributed by atoms with E-state index in [-0.39, 0.29) is 0 Å². The van der Waals surface area contributed by atoms with E-state index in [1.165, 1.54) is 0 Å². The average Bonchev–Trinajstić information content (AvgIpc) is 2.93. The molecule has 0 fully saturated rings. The molecule has 0 unspecified atom stereocenters. The molecule has 5 heteroatoms. The van der Waals surface area contributed by atoms with Gasteiger partial charge in [0, 0.05) is 16.8 Å². The number of aromatic nitrogens is 1. The summed E-state index contributed by atoms with van der Waals surface area (Å²) in [5.74, 6) is 1.59. The van der Waals surface area contributed by atoms with E-state index in [4.69, 9.17) is 4.74 Å². The molecule has 0 atom stereocenters. The number of benzene rings is 1. The lowest BCUT2D eigenvalue weighted by molar-refractivity contribution is 0.294. The summed E-state index contributed by atoms with van der Waals surface area (Å²) in [6.07, 6.45) is 2.06. The minimum Gasteiger partial charge on any atom is -0.486 e. The largest absolute Gasteiger partial charge is 0.486 e. The van der Waals surface area contributed by atoms with Crippen molar-refractivity contribution in [2.45, 2.75) is 31.9 Å². The summed E-state index contributed by atoms with van der Waals surface area (Å²) in [5.41, 5.74) is 0.997. The Hall–Kier alpha value is -1.04. The fourth-order valence-electron chi connectivity index (χ4n) is 1.85. The molecule has 114 valence electrons. The minimum atomic E-state index is 0.526. The standard InChI is InChI=1S/C16H22N2OS2/c1-12(2)8-17-9-16-18-13(11-21-16)10-19-14-6-4-5-7-15(14)20-3/h4-7,11-12,17H,8-10H2,1-3H3. The summed E-state index contributed by atoms with van der Waals surface area (Å²) in [7, 11) is 0. The number of hydrogen-bond donors (Lipinski definition) is 1. The van der Waals surface area contributed by atoms with E-state index in [0.717, 1.165) is 34.4 Å².